The van der Waals surface area contributed by atoms with E-state index >= 15 is 0 Å². The average Bonchev–Trinajstić information content (AvgIpc) is 2.82. The smallest absolute Gasteiger partial charge is 0.335 e. The number of carbonyl (C=O) groups is 2. The van der Waals surface area contributed by atoms with E-state index in [2.05, 4.69) is 10.5 Å². The van der Waals surface area contributed by atoms with Gasteiger partial charge >= 0.3 is 5.97 Å². The highest BCUT2D eigenvalue weighted by Gasteiger charge is 2.11. The maximum atomic E-state index is 11.7. The molecule has 0 fully saturated rings. The number of aromatic nitrogens is 1. The Morgan fingerprint density at radius 1 is 1.43 bits per heavy atom. The van der Waals surface area contributed by atoms with Crippen molar-refractivity contribution in [1.82, 2.24) is 5.16 Å². The van der Waals surface area contributed by atoms with Crippen molar-refractivity contribution in [2.75, 3.05) is 11.9 Å². The summed E-state index contributed by atoms with van der Waals surface area (Å²) in [5.41, 5.74) is 0.742. The normalized spacial score (nSPS) is 10.2. The molecule has 0 aliphatic rings. The van der Waals surface area contributed by atoms with Gasteiger partial charge in [-0.15, -0.1) is 0 Å². The number of hydrogen-bond acceptors (Lipinski definition) is 5. The van der Waals surface area contributed by atoms with Gasteiger partial charge in [0.1, 0.15) is 5.75 Å². The number of amides is 1. The van der Waals surface area contributed by atoms with Crippen LogP contribution in [-0.2, 0) is 4.79 Å². The van der Waals surface area contributed by atoms with Gasteiger partial charge in [0.05, 0.1) is 14.8 Å². The molecule has 1 aromatic heterocycles. The number of benzene rings is 1. The van der Waals surface area contributed by atoms with Crippen LogP contribution >= 0.6 is 22.6 Å². The molecule has 2 rings (SSSR count). The molecule has 0 bridgehead atoms. The lowest BCUT2D eigenvalue weighted by Gasteiger charge is -2.08. The molecule has 0 aliphatic heterocycles. The van der Waals surface area contributed by atoms with Gasteiger partial charge in [-0.2, -0.15) is 0 Å². The number of nitrogens with one attached hydrogen (secondary N) is 1. The minimum Gasteiger partial charge on any atom is -0.483 e. The third-order valence-corrected chi connectivity index (χ3v) is 3.32. The monoisotopic (exact) mass is 402 g/mol. The Kier molecular flexibility index (Phi) is 4.78. The van der Waals surface area contributed by atoms with E-state index in [1.165, 1.54) is 12.1 Å². The summed E-state index contributed by atoms with van der Waals surface area (Å²) in [6.07, 6.45) is 0. The Morgan fingerprint density at radius 3 is 2.81 bits per heavy atom. The predicted molar refractivity (Wildman–Crippen MR) is 81.5 cm³/mol. The van der Waals surface area contributed by atoms with Crippen molar-refractivity contribution in [2.45, 2.75) is 6.92 Å². The number of anilines is 1. The summed E-state index contributed by atoms with van der Waals surface area (Å²) in [5.74, 6) is -0.921. The van der Waals surface area contributed by atoms with Gasteiger partial charge < -0.3 is 14.4 Å². The van der Waals surface area contributed by atoms with E-state index < -0.39 is 11.9 Å². The van der Waals surface area contributed by atoms with E-state index in [-0.39, 0.29) is 18.1 Å². The van der Waals surface area contributed by atoms with Crippen molar-refractivity contribution in [2.24, 2.45) is 0 Å². The number of aryl methyl sites for hydroxylation is 1. The molecule has 21 heavy (non-hydrogen) atoms. The van der Waals surface area contributed by atoms with Crippen LogP contribution in [0, 0.1) is 10.5 Å². The van der Waals surface area contributed by atoms with Gasteiger partial charge in [0.15, 0.2) is 6.61 Å². The molecule has 7 nitrogen and oxygen atoms in total. The van der Waals surface area contributed by atoms with Gasteiger partial charge in [-0.25, -0.2) is 4.79 Å². The number of carboxylic acid groups (broad SMARTS) is 1. The largest absolute Gasteiger partial charge is 0.483 e. The zero-order chi connectivity index (χ0) is 15.4. The molecule has 1 heterocycles. The zero-order valence-electron chi connectivity index (χ0n) is 10.9. The molecule has 1 aromatic carbocycles. The fourth-order valence-electron chi connectivity index (χ4n) is 1.49. The third-order valence-electron chi connectivity index (χ3n) is 2.43. The van der Waals surface area contributed by atoms with Crippen molar-refractivity contribution < 1.29 is 24.0 Å². The van der Waals surface area contributed by atoms with Crippen molar-refractivity contribution in [3.8, 4) is 5.75 Å². The topological polar surface area (TPSA) is 102 Å². The lowest BCUT2D eigenvalue weighted by atomic mass is 10.2. The summed E-state index contributed by atoms with van der Waals surface area (Å²) >= 11 is 2.00. The second-order valence-corrected chi connectivity index (χ2v) is 5.28. The van der Waals surface area contributed by atoms with Gasteiger partial charge in [0, 0.05) is 6.07 Å². The van der Waals surface area contributed by atoms with E-state index in [4.69, 9.17) is 14.4 Å². The van der Waals surface area contributed by atoms with Crippen LogP contribution in [0.15, 0.2) is 28.8 Å². The first-order valence-corrected chi connectivity index (χ1v) is 6.92. The number of aromatic carboxylic acids is 1. The quantitative estimate of drug-likeness (QED) is 0.745. The molecule has 0 spiro atoms. The minimum atomic E-state index is -1.06. The van der Waals surface area contributed by atoms with Crippen LogP contribution in [0.1, 0.15) is 16.1 Å². The Bertz CT molecular complexity index is 683. The van der Waals surface area contributed by atoms with E-state index in [1.807, 2.05) is 22.6 Å². The standard InChI is InChI=1S/C13H11IN2O5/c1-7-4-12(21-16-7)15-11(17)6-20-10-5-8(13(18)19)2-3-9(10)14/h2-5H,6H2,1H3,(H,15,17)(H,18,19). The molecule has 0 aliphatic carbocycles. The van der Waals surface area contributed by atoms with Crippen LogP contribution < -0.4 is 10.1 Å². The molecule has 110 valence electrons. The van der Waals surface area contributed by atoms with Crippen molar-refractivity contribution in [3.63, 3.8) is 0 Å². The molecule has 0 radical (unpaired) electrons. The maximum Gasteiger partial charge on any atom is 0.335 e. The molecule has 0 atom stereocenters. The van der Waals surface area contributed by atoms with Gasteiger partial charge in [-0.3, -0.25) is 10.1 Å². The predicted octanol–water partition coefficient (Wildman–Crippen LogP) is 2.30. The molecular weight excluding hydrogens is 391 g/mol. The van der Waals surface area contributed by atoms with Crippen LogP contribution in [0.4, 0.5) is 5.88 Å². The highest BCUT2D eigenvalue weighted by molar-refractivity contribution is 14.1. The average molecular weight is 402 g/mol. The van der Waals surface area contributed by atoms with Crippen LogP contribution in [0.5, 0.6) is 5.75 Å². The summed E-state index contributed by atoms with van der Waals surface area (Å²) in [6, 6.07) is 6.02. The van der Waals surface area contributed by atoms with E-state index in [9.17, 15) is 9.59 Å². The first-order chi connectivity index (χ1) is 9.95. The number of ether oxygens (including phenoxy) is 1. The summed E-state index contributed by atoms with van der Waals surface area (Å²) in [6.45, 7) is 1.47. The number of hydrogen-bond donors (Lipinski definition) is 2. The molecule has 1 amide bonds. The number of halogens is 1. The number of rotatable bonds is 5. The third kappa shape index (κ3) is 4.18. The van der Waals surface area contributed by atoms with Crippen LogP contribution in [-0.4, -0.2) is 28.7 Å². The molecule has 0 unspecified atom stereocenters. The summed E-state index contributed by atoms with van der Waals surface area (Å²) in [7, 11) is 0. The first-order valence-electron chi connectivity index (χ1n) is 5.84. The fourth-order valence-corrected chi connectivity index (χ4v) is 1.98. The summed E-state index contributed by atoms with van der Waals surface area (Å²) in [4.78, 5) is 22.6. The Morgan fingerprint density at radius 2 is 2.19 bits per heavy atom. The lowest BCUT2D eigenvalue weighted by Crippen LogP contribution is -2.20. The fraction of sp³-hybridized carbons (Fsp3) is 0.154. The second kappa shape index (κ2) is 6.57. The van der Waals surface area contributed by atoms with Gasteiger partial charge in [-0.05, 0) is 47.7 Å². The molecule has 2 N–H and O–H groups in total. The highest BCUT2D eigenvalue weighted by Crippen LogP contribution is 2.22. The second-order valence-electron chi connectivity index (χ2n) is 4.12. The number of nitrogens with zero attached hydrogens (tertiary/aromatic N) is 1. The summed E-state index contributed by atoms with van der Waals surface area (Å²) < 4.78 is 10.9. The SMILES string of the molecule is Cc1cc(NC(=O)COc2cc(C(=O)O)ccc2I)on1. The zero-order valence-corrected chi connectivity index (χ0v) is 13.1. The van der Waals surface area contributed by atoms with Crippen molar-refractivity contribution in [3.05, 3.63) is 39.1 Å². The Balaban J connectivity index is 1.97. The van der Waals surface area contributed by atoms with E-state index in [1.54, 1.807) is 19.1 Å². The Labute approximate surface area is 133 Å². The maximum absolute atomic E-state index is 11.7. The highest BCUT2D eigenvalue weighted by atomic mass is 127. The number of carboxylic acids is 1. The van der Waals surface area contributed by atoms with Crippen LogP contribution in [0.3, 0.4) is 0 Å². The van der Waals surface area contributed by atoms with Gasteiger partial charge in [0.25, 0.3) is 5.91 Å². The van der Waals surface area contributed by atoms with Crippen LogP contribution in [0.2, 0.25) is 0 Å². The minimum absolute atomic E-state index is 0.0942. The molecule has 8 heteroatoms. The van der Waals surface area contributed by atoms with Crippen molar-refractivity contribution in [1.29, 1.82) is 0 Å². The molecule has 0 saturated carbocycles. The molecule has 0 saturated heterocycles. The van der Waals surface area contributed by atoms with Crippen molar-refractivity contribution >= 4 is 40.4 Å². The van der Waals surface area contributed by atoms with E-state index in [0.717, 1.165) is 0 Å². The molecule has 2 aromatic rings. The summed E-state index contributed by atoms with van der Waals surface area (Å²) in [5, 5.41) is 15.0. The Hall–Kier alpha value is -2.10. The van der Waals surface area contributed by atoms with Gasteiger partial charge in [-0.1, -0.05) is 5.16 Å². The van der Waals surface area contributed by atoms with Gasteiger partial charge in [0.2, 0.25) is 5.88 Å². The number of carbonyl (C=O) groups excluding carboxylic acids is 1. The molecular formula is C13H11IN2O5. The lowest BCUT2D eigenvalue weighted by molar-refractivity contribution is -0.118. The van der Waals surface area contributed by atoms with Crippen LogP contribution in [0.25, 0.3) is 0 Å². The first kappa shape index (κ1) is 15.3. The van der Waals surface area contributed by atoms with E-state index in [0.29, 0.717) is 15.0 Å².